The summed E-state index contributed by atoms with van der Waals surface area (Å²) in [6.07, 6.45) is 0. The van der Waals surface area contributed by atoms with Gasteiger partial charge in [0.1, 0.15) is 4.88 Å². The summed E-state index contributed by atoms with van der Waals surface area (Å²) in [5, 5.41) is 1.78. The van der Waals surface area contributed by atoms with E-state index in [2.05, 4.69) is 31.9 Å². The minimum absolute atomic E-state index is 0.0362. The van der Waals surface area contributed by atoms with Gasteiger partial charge in [0.05, 0.1) is 23.9 Å². The van der Waals surface area contributed by atoms with Crippen molar-refractivity contribution in [1.29, 1.82) is 0 Å². The first kappa shape index (κ1) is 16.5. The Balaban J connectivity index is 2.25. The third kappa shape index (κ3) is 3.49. The van der Waals surface area contributed by atoms with E-state index in [1.165, 1.54) is 18.4 Å². The molecule has 21 heavy (non-hydrogen) atoms. The lowest BCUT2D eigenvalue weighted by molar-refractivity contribution is 0.0991. The number of thiophene rings is 1. The largest absolute Gasteiger partial charge is 0.492 e. The highest BCUT2D eigenvalue weighted by Gasteiger charge is 2.30. The first-order chi connectivity index (χ1) is 10.1. The van der Waals surface area contributed by atoms with Crippen molar-refractivity contribution in [2.45, 2.75) is 9.65 Å². The van der Waals surface area contributed by atoms with E-state index < -0.39 is 4.83 Å². The van der Waals surface area contributed by atoms with Crippen molar-refractivity contribution in [3.8, 4) is 11.5 Å². The van der Waals surface area contributed by atoms with Crippen molar-refractivity contribution in [2.24, 2.45) is 0 Å². The molecule has 112 valence electrons. The number of alkyl halides is 2. The predicted octanol–water partition coefficient (Wildman–Crippen LogP) is 4.85. The van der Waals surface area contributed by atoms with Gasteiger partial charge in [0.15, 0.2) is 17.3 Å². The monoisotopic (exact) mass is 432 g/mol. The Labute approximate surface area is 144 Å². The van der Waals surface area contributed by atoms with Crippen LogP contribution in [0.5, 0.6) is 11.5 Å². The zero-order chi connectivity index (χ0) is 15.4. The van der Waals surface area contributed by atoms with Gasteiger partial charge in [-0.3, -0.25) is 4.79 Å². The lowest BCUT2D eigenvalue weighted by Gasteiger charge is -2.16. The Bertz CT molecular complexity index is 613. The molecule has 0 amide bonds. The van der Waals surface area contributed by atoms with E-state index in [-0.39, 0.29) is 10.6 Å². The van der Waals surface area contributed by atoms with E-state index in [1.807, 2.05) is 30.3 Å². The maximum Gasteiger partial charge on any atom is 0.191 e. The zero-order valence-electron chi connectivity index (χ0n) is 11.5. The molecule has 2 unspecified atom stereocenters. The van der Waals surface area contributed by atoms with E-state index in [0.717, 1.165) is 5.56 Å². The molecule has 2 aromatic rings. The second-order valence-corrected chi connectivity index (χ2v) is 7.10. The van der Waals surface area contributed by atoms with E-state index in [0.29, 0.717) is 16.4 Å². The minimum Gasteiger partial charge on any atom is -0.492 e. The van der Waals surface area contributed by atoms with E-state index in [1.54, 1.807) is 12.5 Å². The van der Waals surface area contributed by atoms with Crippen LogP contribution in [0.3, 0.4) is 0 Å². The topological polar surface area (TPSA) is 35.5 Å². The van der Waals surface area contributed by atoms with Crippen LogP contribution in [-0.2, 0) is 0 Å². The highest BCUT2D eigenvalue weighted by Crippen LogP contribution is 2.41. The molecule has 1 aromatic carbocycles. The number of ether oxygens (including phenoxy) is 2. The molecular formula is C15H14Br2O3S. The fraction of sp³-hybridized carbons (Fsp3) is 0.267. The molecule has 0 spiro atoms. The van der Waals surface area contributed by atoms with E-state index in [4.69, 9.17) is 9.47 Å². The average Bonchev–Trinajstić information content (AvgIpc) is 2.96. The number of ketones is 1. The molecule has 2 rings (SSSR count). The number of rotatable bonds is 6. The van der Waals surface area contributed by atoms with Gasteiger partial charge in [-0.2, -0.15) is 0 Å². The first-order valence-electron chi connectivity index (χ1n) is 6.17. The lowest BCUT2D eigenvalue weighted by atomic mass is 10.1. The van der Waals surface area contributed by atoms with Crippen molar-refractivity contribution in [2.75, 3.05) is 14.2 Å². The molecular weight excluding hydrogens is 420 g/mol. The molecule has 0 aliphatic carbocycles. The van der Waals surface area contributed by atoms with Crippen LogP contribution in [0.1, 0.15) is 20.1 Å². The summed E-state index contributed by atoms with van der Waals surface area (Å²) < 4.78 is 10.5. The van der Waals surface area contributed by atoms with Gasteiger partial charge in [-0.25, -0.2) is 0 Å². The Morgan fingerprint density at radius 3 is 2.38 bits per heavy atom. The van der Waals surface area contributed by atoms with Gasteiger partial charge in [-0.1, -0.05) is 62.2 Å². The molecule has 0 saturated carbocycles. The van der Waals surface area contributed by atoms with Crippen LogP contribution in [0.25, 0.3) is 0 Å². The summed E-state index contributed by atoms with van der Waals surface area (Å²) in [6, 6.07) is 9.80. The number of hydrogen-bond donors (Lipinski definition) is 0. The van der Waals surface area contributed by atoms with Gasteiger partial charge in [0.2, 0.25) is 0 Å². The molecule has 6 heteroatoms. The number of carbonyl (C=O) groups is 1. The van der Waals surface area contributed by atoms with Crippen molar-refractivity contribution in [3.05, 3.63) is 46.2 Å². The molecule has 0 bridgehead atoms. The van der Waals surface area contributed by atoms with Gasteiger partial charge in [0.25, 0.3) is 0 Å². The summed E-state index contributed by atoms with van der Waals surface area (Å²) in [5.41, 5.74) is 1.04. The summed E-state index contributed by atoms with van der Waals surface area (Å²) in [5.74, 6) is 1.03. The van der Waals surface area contributed by atoms with Crippen LogP contribution < -0.4 is 9.47 Å². The third-order valence-corrected chi connectivity index (χ3v) is 6.65. The third-order valence-electron chi connectivity index (χ3n) is 2.99. The quantitative estimate of drug-likeness (QED) is 0.482. The van der Waals surface area contributed by atoms with Gasteiger partial charge < -0.3 is 9.47 Å². The summed E-state index contributed by atoms with van der Waals surface area (Å²) in [7, 11) is 3.09. The normalized spacial score (nSPS) is 13.5. The number of Topliss-reactive ketones (excluding diaryl/α,β-unsaturated/α-hetero) is 1. The number of methoxy groups -OCH3 is 2. The van der Waals surface area contributed by atoms with Crippen LogP contribution >= 0.6 is 43.2 Å². The molecule has 0 aliphatic heterocycles. The predicted molar refractivity (Wildman–Crippen MR) is 92.6 cm³/mol. The number of benzene rings is 1. The molecule has 0 radical (unpaired) electrons. The lowest BCUT2D eigenvalue weighted by Crippen LogP contribution is -2.18. The Hall–Kier alpha value is -0.850. The first-order valence-corrected chi connectivity index (χ1v) is 8.88. The van der Waals surface area contributed by atoms with Gasteiger partial charge in [-0.15, -0.1) is 11.3 Å². The summed E-state index contributed by atoms with van der Waals surface area (Å²) in [4.78, 5) is 12.7. The second-order valence-electron chi connectivity index (χ2n) is 4.24. The van der Waals surface area contributed by atoms with Crippen LogP contribution in [0, 0.1) is 0 Å². The van der Waals surface area contributed by atoms with Crippen LogP contribution in [0.15, 0.2) is 35.7 Å². The highest BCUT2D eigenvalue weighted by molar-refractivity contribution is 9.12. The minimum atomic E-state index is -0.392. The molecule has 3 nitrogen and oxygen atoms in total. The van der Waals surface area contributed by atoms with Gasteiger partial charge in [0, 0.05) is 5.38 Å². The van der Waals surface area contributed by atoms with E-state index >= 15 is 0 Å². The average molecular weight is 434 g/mol. The molecule has 0 aliphatic rings. The number of halogens is 2. The maximum absolute atomic E-state index is 12.7. The summed E-state index contributed by atoms with van der Waals surface area (Å²) in [6.45, 7) is 0. The number of carbonyl (C=O) groups excluding carboxylic acids is 1. The van der Waals surface area contributed by atoms with Crippen LogP contribution in [0.2, 0.25) is 0 Å². The van der Waals surface area contributed by atoms with E-state index in [9.17, 15) is 4.79 Å². The fourth-order valence-electron chi connectivity index (χ4n) is 1.90. The zero-order valence-corrected chi connectivity index (χ0v) is 15.5. The van der Waals surface area contributed by atoms with Gasteiger partial charge in [-0.05, 0) is 5.56 Å². The van der Waals surface area contributed by atoms with Gasteiger partial charge >= 0.3 is 0 Å². The smallest absolute Gasteiger partial charge is 0.191 e. The molecule has 0 fully saturated rings. The molecule has 2 atom stereocenters. The SMILES string of the molecule is COc1csc(C(=O)C(Br)C(Br)c2ccccc2)c1OC. The number of hydrogen-bond acceptors (Lipinski definition) is 4. The standard InChI is InChI=1S/C15H14Br2O3S/c1-19-10-8-21-15(14(10)20-2)13(18)12(17)11(16)9-6-4-3-5-7-9/h3-8,11-12H,1-2H3. The fourth-order valence-corrected chi connectivity index (χ4v) is 4.09. The molecule has 0 N–H and O–H groups in total. The second kappa shape index (κ2) is 7.42. The molecule has 1 aromatic heterocycles. The summed E-state index contributed by atoms with van der Waals surface area (Å²) >= 11 is 8.40. The molecule has 1 heterocycles. The van der Waals surface area contributed by atoms with Crippen molar-refractivity contribution in [3.63, 3.8) is 0 Å². The highest BCUT2D eigenvalue weighted by atomic mass is 79.9. The van der Waals surface area contributed by atoms with Crippen LogP contribution in [-0.4, -0.2) is 24.8 Å². The maximum atomic E-state index is 12.7. The molecule has 0 saturated heterocycles. The van der Waals surface area contributed by atoms with Crippen molar-refractivity contribution in [1.82, 2.24) is 0 Å². The van der Waals surface area contributed by atoms with Crippen molar-refractivity contribution >= 4 is 49.0 Å². The van der Waals surface area contributed by atoms with Crippen LogP contribution in [0.4, 0.5) is 0 Å². The van der Waals surface area contributed by atoms with Crippen molar-refractivity contribution < 1.29 is 14.3 Å². The Morgan fingerprint density at radius 2 is 1.81 bits per heavy atom. The Kier molecular flexibility index (Phi) is 5.84. The Morgan fingerprint density at radius 1 is 1.14 bits per heavy atom.